The van der Waals surface area contributed by atoms with E-state index in [4.69, 9.17) is 10.5 Å². The molecule has 3 heteroatoms. The molecule has 1 rings (SSSR count). The number of rotatable bonds is 7. The molecule has 0 aliphatic carbocycles. The fourth-order valence-electron chi connectivity index (χ4n) is 2.29. The first-order valence-electron chi connectivity index (χ1n) is 6.60. The third kappa shape index (κ3) is 4.00. The number of unbranched alkanes of at least 4 members (excludes halogenated alkanes) is 1. The van der Waals surface area contributed by atoms with Gasteiger partial charge in [-0.25, -0.2) is 0 Å². The van der Waals surface area contributed by atoms with Gasteiger partial charge < -0.3 is 15.4 Å². The zero-order valence-corrected chi connectivity index (χ0v) is 12.1. The van der Waals surface area contributed by atoms with E-state index in [1.54, 1.807) is 7.11 Å². The number of methoxy groups -OCH3 is 1. The Morgan fingerprint density at radius 3 is 2.28 bits per heavy atom. The normalized spacial score (nSPS) is 14.6. The van der Waals surface area contributed by atoms with E-state index in [0.717, 1.165) is 25.1 Å². The van der Waals surface area contributed by atoms with Crippen molar-refractivity contribution in [1.82, 2.24) is 4.90 Å². The Bertz CT molecular complexity index is 348. The predicted octanol–water partition coefficient (Wildman–Crippen LogP) is 2.60. The zero-order chi connectivity index (χ0) is 13.6. The minimum absolute atomic E-state index is 0.272. The van der Waals surface area contributed by atoms with Crippen molar-refractivity contribution in [3.05, 3.63) is 29.8 Å². The lowest BCUT2D eigenvalue weighted by Gasteiger charge is -2.33. The van der Waals surface area contributed by atoms with Gasteiger partial charge >= 0.3 is 0 Å². The van der Waals surface area contributed by atoms with Gasteiger partial charge in [0, 0.05) is 6.54 Å². The van der Waals surface area contributed by atoms with E-state index >= 15 is 0 Å². The third-order valence-electron chi connectivity index (χ3n) is 3.24. The minimum Gasteiger partial charge on any atom is -0.497 e. The van der Waals surface area contributed by atoms with Gasteiger partial charge in [0.1, 0.15) is 5.75 Å². The standard InChI is InChI=1S/C15H26N2O/c1-5-6-11-15(16,12-17(2)3)13-7-9-14(18-4)10-8-13/h7-10H,5-6,11-12,16H2,1-4H3. The molecule has 18 heavy (non-hydrogen) atoms. The molecule has 0 saturated heterocycles. The monoisotopic (exact) mass is 250 g/mol. The summed E-state index contributed by atoms with van der Waals surface area (Å²) in [4.78, 5) is 2.15. The first kappa shape index (κ1) is 15.0. The molecule has 1 unspecified atom stereocenters. The molecule has 0 amide bonds. The summed E-state index contributed by atoms with van der Waals surface area (Å²) in [7, 11) is 5.82. The van der Waals surface area contributed by atoms with Crippen molar-refractivity contribution in [2.75, 3.05) is 27.7 Å². The molecule has 2 N–H and O–H groups in total. The van der Waals surface area contributed by atoms with Crippen LogP contribution in [0.3, 0.4) is 0 Å². The molecule has 0 aliphatic heterocycles. The molecular weight excluding hydrogens is 224 g/mol. The lowest BCUT2D eigenvalue weighted by atomic mass is 9.85. The Morgan fingerprint density at radius 2 is 1.83 bits per heavy atom. The van der Waals surface area contributed by atoms with Crippen LogP contribution in [0, 0.1) is 0 Å². The van der Waals surface area contributed by atoms with Crippen molar-refractivity contribution in [2.45, 2.75) is 31.7 Å². The molecule has 1 aromatic carbocycles. The molecule has 0 bridgehead atoms. The Morgan fingerprint density at radius 1 is 1.22 bits per heavy atom. The van der Waals surface area contributed by atoms with Gasteiger partial charge in [-0.2, -0.15) is 0 Å². The van der Waals surface area contributed by atoms with Crippen LogP contribution >= 0.6 is 0 Å². The van der Waals surface area contributed by atoms with Crippen LogP contribution in [-0.4, -0.2) is 32.6 Å². The van der Waals surface area contributed by atoms with Crippen molar-refractivity contribution in [2.24, 2.45) is 5.73 Å². The lowest BCUT2D eigenvalue weighted by Crippen LogP contribution is -2.45. The van der Waals surface area contributed by atoms with Crippen molar-refractivity contribution >= 4 is 0 Å². The molecule has 0 aromatic heterocycles. The van der Waals surface area contributed by atoms with E-state index in [9.17, 15) is 0 Å². The fraction of sp³-hybridized carbons (Fsp3) is 0.600. The Labute approximate surface area is 111 Å². The predicted molar refractivity (Wildman–Crippen MR) is 76.9 cm³/mol. The highest BCUT2D eigenvalue weighted by Gasteiger charge is 2.27. The molecule has 0 fully saturated rings. The van der Waals surface area contributed by atoms with Crippen LogP contribution in [0.5, 0.6) is 5.75 Å². The number of nitrogens with two attached hydrogens (primary N) is 1. The lowest BCUT2D eigenvalue weighted by molar-refractivity contribution is 0.266. The molecule has 0 heterocycles. The third-order valence-corrected chi connectivity index (χ3v) is 3.24. The average Bonchev–Trinajstić information content (AvgIpc) is 2.35. The largest absolute Gasteiger partial charge is 0.497 e. The fourth-order valence-corrected chi connectivity index (χ4v) is 2.29. The number of hydrogen-bond donors (Lipinski definition) is 1. The molecule has 1 atom stereocenters. The van der Waals surface area contributed by atoms with Crippen LogP contribution in [0.1, 0.15) is 31.7 Å². The maximum absolute atomic E-state index is 6.62. The van der Waals surface area contributed by atoms with E-state index < -0.39 is 0 Å². The van der Waals surface area contributed by atoms with Crippen LogP contribution < -0.4 is 10.5 Å². The van der Waals surface area contributed by atoms with Crippen LogP contribution in [-0.2, 0) is 5.54 Å². The summed E-state index contributed by atoms with van der Waals surface area (Å²) in [6, 6.07) is 8.13. The quantitative estimate of drug-likeness (QED) is 0.808. The SMILES string of the molecule is CCCCC(N)(CN(C)C)c1ccc(OC)cc1. The maximum Gasteiger partial charge on any atom is 0.118 e. The topological polar surface area (TPSA) is 38.5 Å². The van der Waals surface area contributed by atoms with E-state index in [1.165, 1.54) is 12.0 Å². The van der Waals surface area contributed by atoms with Gasteiger partial charge in [-0.05, 0) is 38.2 Å². The molecule has 0 spiro atoms. The van der Waals surface area contributed by atoms with E-state index in [1.807, 2.05) is 12.1 Å². The van der Waals surface area contributed by atoms with Crippen molar-refractivity contribution < 1.29 is 4.74 Å². The number of hydrogen-bond acceptors (Lipinski definition) is 3. The van der Waals surface area contributed by atoms with Crippen LogP contribution in [0.2, 0.25) is 0 Å². The van der Waals surface area contributed by atoms with Crippen molar-refractivity contribution in [3.63, 3.8) is 0 Å². The number of likely N-dealkylation sites (N-methyl/N-ethyl adjacent to an activating group) is 1. The second-order valence-corrected chi connectivity index (χ2v) is 5.23. The van der Waals surface area contributed by atoms with E-state index in [0.29, 0.717) is 0 Å². The molecule has 3 nitrogen and oxygen atoms in total. The average molecular weight is 250 g/mol. The summed E-state index contributed by atoms with van der Waals surface area (Å²) >= 11 is 0. The highest BCUT2D eigenvalue weighted by atomic mass is 16.5. The van der Waals surface area contributed by atoms with Gasteiger partial charge in [-0.15, -0.1) is 0 Å². The molecule has 1 aromatic rings. The Balaban J connectivity index is 2.92. The van der Waals surface area contributed by atoms with Gasteiger partial charge in [0.05, 0.1) is 12.6 Å². The van der Waals surface area contributed by atoms with Gasteiger partial charge in [-0.1, -0.05) is 31.9 Å². The first-order chi connectivity index (χ1) is 8.51. The number of ether oxygens (including phenoxy) is 1. The van der Waals surface area contributed by atoms with Crippen LogP contribution in [0.25, 0.3) is 0 Å². The summed E-state index contributed by atoms with van der Waals surface area (Å²) < 4.78 is 5.19. The highest BCUT2D eigenvalue weighted by molar-refractivity contribution is 5.32. The molecule has 0 radical (unpaired) electrons. The smallest absolute Gasteiger partial charge is 0.118 e. The maximum atomic E-state index is 6.62. The van der Waals surface area contributed by atoms with E-state index in [-0.39, 0.29) is 5.54 Å². The Kier molecular flexibility index (Phi) is 5.63. The van der Waals surface area contributed by atoms with Crippen molar-refractivity contribution in [1.29, 1.82) is 0 Å². The number of nitrogens with zero attached hydrogens (tertiary/aromatic N) is 1. The second kappa shape index (κ2) is 6.76. The Hall–Kier alpha value is -1.06. The van der Waals surface area contributed by atoms with Crippen molar-refractivity contribution in [3.8, 4) is 5.75 Å². The van der Waals surface area contributed by atoms with Gasteiger partial charge in [0.2, 0.25) is 0 Å². The summed E-state index contributed by atoms with van der Waals surface area (Å²) in [5.41, 5.74) is 7.53. The first-order valence-corrected chi connectivity index (χ1v) is 6.60. The summed E-state index contributed by atoms with van der Waals surface area (Å²) in [6.07, 6.45) is 3.33. The minimum atomic E-state index is -0.272. The molecule has 102 valence electrons. The van der Waals surface area contributed by atoms with Gasteiger partial charge in [0.25, 0.3) is 0 Å². The second-order valence-electron chi connectivity index (χ2n) is 5.23. The van der Waals surface area contributed by atoms with Gasteiger partial charge in [0.15, 0.2) is 0 Å². The van der Waals surface area contributed by atoms with Crippen LogP contribution in [0.4, 0.5) is 0 Å². The summed E-state index contributed by atoms with van der Waals surface area (Å²) in [6.45, 7) is 3.06. The molecular formula is C15H26N2O. The van der Waals surface area contributed by atoms with Gasteiger partial charge in [-0.3, -0.25) is 0 Å². The van der Waals surface area contributed by atoms with E-state index in [2.05, 4.69) is 38.1 Å². The molecule has 0 aliphatic rings. The summed E-state index contributed by atoms with van der Waals surface area (Å²) in [5, 5.41) is 0. The zero-order valence-electron chi connectivity index (χ0n) is 12.1. The number of benzene rings is 1. The molecule has 0 saturated carbocycles. The highest BCUT2D eigenvalue weighted by Crippen LogP contribution is 2.27. The van der Waals surface area contributed by atoms with Crippen LogP contribution in [0.15, 0.2) is 24.3 Å². The summed E-state index contributed by atoms with van der Waals surface area (Å²) in [5.74, 6) is 0.876.